The van der Waals surface area contributed by atoms with Gasteiger partial charge >= 0.3 is 0 Å². The summed E-state index contributed by atoms with van der Waals surface area (Å²) in [6, 6.07) is 13.6. The summed E-state index contributed by atoms with van der Waals surface area (Å²) in [5.74, 6) is 0.158. The van der Waals surface area contributed by atoms with Crippen LogP contribution in [0.2, 0.25) is 0 Å². The van der Waals surface area contributed by atoms with Gasteiger partial charge in [0.15, 0.2) is 11.5 Å². The lowest BCUT2D eigenvalue weighted by molar-refractivity contribution is 0.0916. The minimum Gasteiger partial charge on any atom is -0.396 e. The Kier molecular flexibility index (Phi) is 5.98. The summed E-state index contributed by atoms with van der Waals surface area (Å²) >= 11 is 0. The van der Waals surface area contributed by atoms with E-state index in [1.54, 1.807) is 12.1 Å². The molecule has 5 heteroatoms. The monoisotopic (exact) mass is 401 g/mol. The number of ketones is 1. The highest BCUT2D eigenvalue weighted by Gasteiger charge is 2.23. The van der Waals surface area contributed by atoms with E-state index in [9.17, 15) is 9.90 Å². The molecule has 2 heterocycles. The maximum atomic E-state index is 13.4. The van der Waals surface area contributed by atoms with Gasteiger partial charge in [-0.15, -0.1) is 0 Å². The second-order valence-corrected chi connectivity index (χ2v) is 8.01. The molecule has 1 N–H and O–H groups in total. The van der Waals surface area contributed by atoms with E-state index < -0.39 is 0 Å². The normalized spacial score (nSPS) is 14.7. The minimum absolute atomic E-state index is 0.0889. The summed E-state index contributed by atoms with van der Waals surface area (Å²) in [4.78, 5) is 19.1. The van der Waals surface area contributed by atoms with Crippen molar-refractivity contribution in [1.82, 2.24) is 9.47 Å². The standard InChI is InChI=1S/C25H27N3O2/c1-18-25(24(30)17-27-13-4-3-5-14-27)22-11-6-19(12-15-29)16-23(22)28(18)21-9-7-20(26-2)8-10-21/h6-11,16,29H,3-5,12-15,17H2,1H3. The second kappa shape index (κ2) is 8.83. The van der Waals surface area contributed by atoms with Gasteiger partial charge in [0.25, 0.3) is 0 Å². The quantitative estimate of drug-likeness (QED) is 0.481. The highest BCUT2D eigenvalue weighted by molar-refractivity contribution is 6.11. The second-order valence-electron chi connectivity index (χ2n) is 8.01. The van der Waals surface area contributed by atoms with Gasteiger partial charge in [-0.25, -0.2) is 4.85 Å². The lowest BCUT2D eigenvalue weighted by atomic mass is 10.0. The molecule has 154 valence electrons. The van der Waals surface area contributed by atoms with Gasteiger partial charge in [0, 0.05) is 28.9 Å². The van der Waals surface area contributed by atoms with Crippen LogP contribution >= 0.6 is 0 Å². The molecule has 0 spiro atoms. The molecule has 30 heavy (non-hydrogen) atoms. The third kappa shape index (κ3) is 3.89. The minimum atomic E-state index is 0.0889. The number of likely N-dealkylation sites (tertiary alicyclic amines) is 1. The van der Waals surface area contributed by atoms with Crippen LogP contribution < -0.4 is 0 Å². The van der Waals surface area contributed by atoms with Crippen molar-refractivity contribution in [3.63, 3.8) is 0 Å². The smallest absolute Gasteiger partial charge is 0.187 e. The molecular weight excluding hydrogens is 374 g/mol. The summed E-state index contributed by atoms with van der Waals surface area (Å²) < 4.78 is 2.10. The number of Topliss-reactive ketones (excluding diaryl/α,β-unsaturated/α-hetero) is 1. The van der Waals surface area contributed by atoms with Gasteiger partial charge in [0.1, 0.15) is 0 Å². The van der Waals surface area contributed by atoms with E-state index in [0.29, 0.717) is 18.7 Å². The van der Waals surface area contributed by atoms with Crippen molar-refractivity contribution < 1.29 is 9.90 Å². The summed E-state index contributed by atoms with van der Waals surface area (Å²) in [6.45, 7) is 11.7. The number of benzene rings is 2. The summed E-state index contributed by atoms with van der Waals surface area (Å²) in [6.07, 6.45) is 4.14. The first-order valence-electron chi connectivity index (χ1n) is 10.6. The number of aliphatic hydroxyl groups is 1. The number of carbonyl (C=O) groups is 1. The van der Waals surface area contributed by atoms with E-state index in [0.717, 1.165) is 59.3 Å². The third-order valence-corrected chi connectivity index (χ3v) is 6.00. The number of rotatable bonds is 6. The summed E-state index contributed by atoms with van der Waals surface area (Å²) in [7, 11) is 0. The molecule has 3 aromatic rings. The molecular formula is C25H27N3O2. The molecule has 5 nitrogen and oxygen atoms in total. The van der Waals surface area contributed by atoms with Crippen molar-refractivity contribution in [2.75, 3.05) is 26.2 Å². The first-order chi connectivity index (χ1) is 14.6. The van der Waals surface area contributed by atoms with Crippen LogP contribution in [-0.4, -0.2) is 46.6 Å². The van der Waals surface area contributed by atoms with Crippen molar-refractivity contribution in [3.8, 4) is 5.69 Å². The largest absolute Gasteiger partial charge is 0.396 e. The van der Waals surface area contributed by atoms with E-state index in [2.05, 4.69) is 20.4 Å². The maximum absolute atomic E-state index is 13.4. The average molecular weight is 402 g/mol. The van der Waals surface area contributed by atoms with Crippen LogP contribution in [0.15, 0.2) is 42.5 Å². The number of hydrogen-bond acceptors (Lipinski definition) is 3. The lowest BCUT2D eigenvalue weighted by Gasteiger charge is -2.25. The van der Waals surface area contributed by atoms with Gasteiger partial charge < -0.3 is 9.67 Å². The fraction of sp³-hybridized carbons (Fsp3) is 0.360. The third-order valence-electron chi connectivity index (χ3n) is 6.00. The topological polar surface area (TPSA) is 49.8 Å². The van der Waals surface area contributed by atoms with E-state index in [4.69, 9.17) is 6.57 Å². The molecule has 0 aliphatic carbocycles. The average Bonchev–Trinajstić information content (AvgIpc) is 3.06. The van der Waals surface area contributed by atoms with Gasteiger partial charge in [0.05, 0.1) is 18.6 Å². The molecule has 0 atom stereocenters. The molecule has 0 bridgehead atoms. The van der Waals surface area contributed by atoms with E-state index >= 15 is 0 Å². The number of nitrogens with zero attached hydrogens (tertiary/aromatic N) is 3. The Morgan fingerprint density at radius 2 is 1.83 bits per heavy atom. The molecule has 0 unspecified atom stereocenters. The van der Waals surface area contributed by atoms with Crippen molar-refractivity contribution in [3.05, 3.63) is 70.7 Å². The van der Waals surface area contributed by atoms with Crippen molar-refractivity contribution >= 4 is 22.4 Å². The lowest BCUT2D eigenvalue weighted by Crippen LogP contribution is -2.34. The van der Waals surface area contributed by atoms with Gasteiger partial charge in [-0.3, -0.25) is 9.69 Å². The Labute approximate surface area is 177 Å². The van der Waals surface area contributed by atoms with E-state index in [1.165, 1.54) is 6.42 Å². The molecule has 4 rings (SSSR count). The highest BCUT2D eigenvalue weighted by Crippen LogP contribution is 2.31. The van der Waals surface area contributed by atoms with E-state index in [-0.39, 0.29) is 12.4 Å². The molecule has 1 aromatic heterocycles. The predicted octanol–water partition coefficient (Wildman–Crippen LogP) is 4.69. The van der Waals surface area contributed by atoms with Crippen LogP contribution in [0, 0.1) is 13.5 Å². The van der Waals surface area contributed by atoms with Crippen LogP contribution in [0.25, 0.3) is 21.4 Å². The van der Waals surface area contributed by atoms with Crippen molar-refractivity contribution in [1.29, 1.82) is 0 Å². The molecule has 1 fully saturated rings. The zero-order valence-electron chi connectivity index (χ0n) is 17.4. The van der Waals surface area contributed by atoms with Gasteiger partial charge in [-0.2, -0.15) is 0 Å². The van der Waals surface area contributed by atoms with Crippen LogP contribution in [0.4, 0.5) is 5.69 Å². The molecule has 0 saturated carbocycles. The number of fused-ring (bicyclic) bond motifs is 1. The molecule has 1 saturated heterocycles. The Hall–Kier alpha value is -2.94. The van der Waals surface area contributed by atoms with Crippen LogP contribution in [0.3, 0.4) is 0 Å². The molecule has 2 aromatic carbocycles. The zero-order valence-corrected chi connectivity index (χ0v) is 17.4. The summed E-state index contributed by atoms with van der Waals surface area (Å²) in [5.41, 5.74) is 5.23. The summed E-state index contributed by atoms with van der Waals surface area (Å²) in [5, 5.41) is 10.3. The van der Waals surface area contributed by atoms with Crippen LogP contribution in [0.1, 0.15) is 40.9 Å². The fourth-order valence-electron chi connectivity index (χ4n) is 4.51. The van der Waals surface area contributed by atoms with Gasteiger partial charge in [-0.1, -0.05) is 30.7 Å². The Bertz CT molecular complexity index is 1100. The molecule has 0 radical (unpaired) electrons. The SMILES string of the molecule is [C-]#[N+]c1ccc(-n2c(C)c(C(=O)CN3CCCCC3)c3ccc(CCO)cc32)cc1. The predicted molar refractivity (Wildman–Crippen MR) is 120 cm³/mol. The van der Waals surface area contributed by atoms with Gasteiger partial charge in [-0.05, 0) is 63.0 Å². The fourth-order valence-corrected chi connectivity index (χ4v) is 4.51. The van der Waals surface area contributed by atoms with Crippen LogP contribution in [0.5, 0.6) is 0 Å². The van der Waals surface area contributed by atoms with Gasteiger partial charge in [0.2, 0.25) is 0 Å². The Morgan fingerprint density at radius 1 is 1.10 bits per heavy atom. The number of aliphatic hydroxyl groups excluding tert-OH is 1. The molecule has 1 aliphatic heterocycles. The van der Waals surface area contributed by atoms with E-state index in [1.807, 2.05) is 31.2 Å². The first kappa shape index (κ1) is 20.3. The molecule has 0 amide bonds. The number of hydrogen-bond donors (Lipinski definition) is 1. The maximum Gasteiger partial charge on any atom is 0.187 e. The molecule has 1 aliphatic rings. The Morgan fingerprint density at radius 3 is 2.50 bits per heavy atom. The van der Waals surface area contributed by atoms with Crippen molar-refractivity contribution in [2.24, 2.45) is 0 Å². The van der Waals surface area contributed by atoms with Crippen LogP contribution in [-0.2, 0) is 6.42 Å². The van der Waals surface area contributed by atoms with Crippen molar-refractivity contribution in [2.45, 2.75) is 32.6 Å². The zero-order chi connectivity index (χ0) is 21.1. The number of piperidine rings is 1. The highest BCUT2D eigenvalue weighted by atomic mass is 16.3. The first-order valence-corrected chi connectivity index (χ1v) is 10.6. The number of carbonyl (C=O) groups excluding carboxylic acids is 1. The number of aromatic nitrogens is 1. The Balaban J connectivity index is 1.82.